The van der Waals surface area contributed by atoms with Crippen LogP contribution in [0.1, 0.15) is 43.7 Å². The Morgan fingerprint density at radius 1 is 1.08 bits per heavy atom. The molecule has 0 bridgehead atoms. The molecule has 0 spiro atoms. The second-order valence-electron chi connectivity index (χ2n) is 9.17. The van der Waals surface area contributed by atoms with Crippen molar-refractivity contribution in [1.29, 1.82) is 0 Å². The molecular weight excluding hydrogens is 474 g/mol. The molecule has 0 unspecified atom stereocenters. The quantitative estimate of drug-likeness (QED) is 0.423. The van der Waals surface area contributed by atoms with E-state index >= 15 is 0 Å². The second-order valence-corrected chi connectivity index (χ2v) is 9.17. The Morgan fingerprint density at radius 2 is 1.86 bits per heavy atom. The molecule has 1 heterocycles. The summed E-state index contributed by atoms with van der Waals surface area (Å²) in [5.41, 5.74) is 1.98. The van der Waals surface area contributed by atoms with Crippen molar-refractivity contribution in [2.45, 2.75) is 50.7 Å². The molecule has 1 atom stereocenters. The summed E-state index contributed by atoms with van der Waals surface area (Å²) < 4.78 is 18.0. The first-order valence-electron chi connectivity index (χ1n) is 12.6. The zero-order valence-electron chi connectivity index (χ0n) is 21.7. The number of nitrogens with zero attached hydrogens (tertiary/aromatic N) is 4. The first-order valence-corrected chi connectivity index (χ1v) is 12.6. The summed E-state index contributed by atoms with van der Waals surface area (Å²) in [6.07, 6.45) is 5.16. The number of benzene rings is 2. The maximum Gasteiger partial charge on any atom is 0.247 e. The molecule has 2 amide bonds. The van der Waals surface area contributed by atoms with E-state index in [-0.39, 0.29) is 37.6 Å². The van der Waals surface area contributed by atoms with E-state index in [2.05, 4.69) is 15.6 Å². The number of carbonyl (C=O) groups excluding carboxylic acids is 2. The lowest BCUT2D eigenvalue weighted by atomic mass is 9.94. The molecule has 10 nitrogen and oxygen atoms in total. The van der Waals surface area contributed by atoms with Crippen LogP contribution in [0, 0.1) is 0 Å². The number of ether oxygens (including phenoxy) is 3. The highest BCUT2D eigenvalue weighted by Crippen LogP contribution is 2.34. The van der Waals surface area contributed by atoms with Gasteiger partial charge in [-0.25, -0.2) is 4.68 Å². The van der Waals surface area contributed by atoms with Crippen molar-refractivity contribution in [3.63, 3.8) is 0 Å². The normalized spacial score (nSPS) is 14.8. The monoisotopic (exact) mass is 509 g/mol. The highest BCUT2D eigenvalue weighted by molar-refractivity contribution is 5.90. The molecule has 0 radical (unpaired) electrons. The first-order chi connectivity index (χ1) is 18.0. The number of hydrogen-bond acceptors (Lipinski definition) is 7. The zero-order valence-corrected chi connectivity index (χ0v) is 21.7. The van der Waals surface area contributed by atoms with E-state index in [1.54, 1.807) is 44.2 Å². The van der Waals surface area contributed by atoms with Gasteiger partial charge in [-0.15, -0.1) is 5.10 Å². The van der Waals surface area contributed by atoms with Gasteiger partial charge in [0, 0.05) is 25.3 Å². The Balaban J connectivity index is 1.72. The van der Waals surface area contributed by atoms with E-state index in [1.807, 2.05) is 24.3 Å². The summed E-state index contributed by atoms with van der Waals surface area (Å²) in [6.45, 7) is 0.373. The third-order valence-electron chi connectivity index (χ3n) is 6.80. The van der Waals surface area contributed by atoms with Crippen LogP contribution >= 0.6 is 0 Å². The van der Waals surface area contributed by atoms with Crippen molar-refractivity contribution in [2.24, 2.45) is 0 Å². The molecular formula is C27H35N5O5. The lowest BCUT2D eigenvalue weighted by Gasteiger charge is -2.34. The molecule has 2 aromatic carbocycles. The standard InChI is InChI=1S/C27H35N5O5/c1-35-16-15-31(25(33)18-32-23-12-8-7-11-22(23)29-30-32)26(27(34)28-19-9-5-4-6-10-19)21-17-20(36-2)13-14-24(21)37-3/h7-8,11-14,17,19,26H,4-6,9-10,15-16,18H2,1-3H3,(H,28,34)/t26-/m0/s1. The molecule has 10 heteroatoms. The Labute approximate surface area is 216 Å². The number of nitrogens with one attached hydrogen (secondary N) is 1. The molecule has 37 heavy (non-hydrogen) atoms. The molecule has 3 aromatic rings. The molecule has 1 aliphatic carbocycles. The number of hydrogen-bond donors (Lipinski definition) is 1. The minimum atomic E-state index is -0.954. The Morgan fingerprint density at radius 3 is 2.59 bits per heavy atom. The molecule has 0 aliphatic heterocycles. The second kappa shape index (κ2) is 12.5. The fraction of sp³-hybridized carbons (Fsp3) is 0.481. The molecule has 1 aliphatic rings. The van der Waals surface area contributed by atoms with Gasteiger partial charge >= 0.3 is 0 Å². The van der Waals surface area contributed by atoms with Crippen molar-refractivity contribution < 1.29 is 23.8 Å². The van der Waals surface area contributed by atoms with Crippen LogP contribution in [0.15, 0.2) is 42.5 Å². The minimum Gasteiger partial charge on any atom is -0.497 e. The van der Waals surface area contributed by atoms with Gasteiger partial charge in [0.1, 0.15) is 29.6 Å². The van der Waals surface area contributed by atoms with E-state index in [4.69, 9.17) is 14.2 Å². The van der Waals surface area contributed by atoms with Crippen molar-refractivity contribution in [3.8, 4) is 11.5 Å². The smallest absolute Gasteiger partial charge is 0.247 e. The van der Waals surface area contributed by atoms with Crippen LogP contribution in [0.3, 0.4) is 0 Å². The van der Waals surface area contributed by atoms with Gasteiger partial charge in [0.25, 0.3) is 0 Å². The fourth-order valence-corrected chi connectivity index (χ4v) is 4.87. The van der Waals surface area contributed by atoms with Gasteiger partial charge in [0.15, 0.2) is 0 Å². The third kappa shape index (κ3) is 6.19. The summed E-state index contributed by atoms with van der Waals surface area (Å²) in [7, 11) is 4.67. The van der Waals surface area contributed by atoms with Crippen LogP contribution in [0.2, 0.25) is 0 Å². The van der Waals surface area contributed by atoms with Crippen LogP contribution in [0.25, 0.3) is 11.0 Å². The molecule has 4 rings (SSSR count). The predicted molar refractivity (Wildman–Crippen MR) is 138 cm³/mol. The van der Waals surface area contributed by atoms with E-state index in [0.717, 1.165) is 31.2 Å². The average Bonchev–Trinajstić information content (AvgIpc) is 3.33. The number of aromatic nitrogens is 3. The molecule has 198 valence electrons. The maximum atomic E-state index is 13.9. The van der Waals surface area contributed by atoms with Gasteiger partial charge in [-0.05, 0) is 43.2 Å². The molecule has 1 fully saturated rings. The lowest BCUT2D eigenvalue weighted by Crippen LogP contribution is -2.49. The Kier molecular flexibility index (Phi) is 8.95. The number of rotatable bonds is 11. The summed E-state index contributed by atoms with van der Waals surface area (Å²) in [5.74, 6) is 0.506. The van der Waals surface area contributed by atoms with E-state index < -0.39 is 6.04 Å². The number of fused-ring (bicyclic) bond motifs is 1. The summed E-state index contributed by atoms with van der Waals surface area (Å²) in [5, 5.41) is 11.5. The van der Waals surface area contributed by atoms with Crippen molar-refractivity contribution in [3.05, 3.63) is 48.0 Å². The van der Waals surface area contributed by atoms with Crippen LogP contribution in [0.5, 0.6) is 11.5 Å². The van der Waals surface area contributed by atoms with Gasteiger partial charge in [0.05, 0.1) is 26.3 Å². The highest BCUT2D eigenvalue weighted by Gasteiger charge is 2.35. The van der Waals surface area contributed by atoms with Crippen LogP contribution < -0.4 is 14.8 Å². The lowest BCUT2D eigenvalue weighted by molar-refractivity contribution is -0.142. The van der Waals surface area contributed by atoms with Crippen molar-refractivity contribution in [2.75, 3.05) is 34.5 Å². The van der Waals surface area contributed by atoms with Crippen LogP contribution in [-0.2, 0) is 20.9 Å². The zero-order chi connectivity index (χ0) is 26.2. The first kappa shape index (κ1) is 26.4. The third-order valence-corrected chi connectivity index (χ3v) is 6.80. The van der Waals surface area contributed by atoms with Gasteiger partial charge in [0.2, 0.25) is 11.8 Å². The highest BCUT2D eigenvalue weighted by atomic mass is 16.5. The molecule has 1 saturated carbocycles. The van der Waals surface area contributed by atoms with E-state index in [0.29, 0.717) is 22.6 Å². The Bertz CT molecular complexity index is 1210. The number of methoxy groups -OCH3 is 3. The average molecular weight is 510 g/mol. The van der Waals surface area contributed by atoms with Crippen molar-refractivity contribution in [1.82, 2.24) is 25.2 Å². The van der Waals surface area contributed by atoms with Gasteiger partial charge in [-0.3, -0.25) is 9.59 Å². The van der Waals surface area contributed by atoms with Crippen LogP contribution in [0.4, 0.5) is 0 Å². The Hall–Kier alpha value is -3.66. The summed E-state index contributed by atoms with van der Waals surface area (Å²) in [6, 6.07) is 11.8. The fourth-order valence-electron chi connectivity index (χ4n) is 4.87. The minimum absolute atomic E-state index is 0.0685. The maximum absolute atomic E-state index is 13.9. The van der Waals surface area contributed by atoms with Gasteiger partial charge < -0.3 is 24.4 Å². The largest absolute Gasteiger partial charge is 0.497 e. The molecule has 1 aromatic heterocycles. The van der Waals surface area contributed by atoms with Gasteiger partial charge in [-0.1, -0.05) is 36.6 Å². The topological polar surface area (TPSA) is 108 Å². The molecule has 0 saturated heterocycles. The number of amides is 2. The van der Waals surface area contributed by atoms with Crippen molar-refractivity contribution >= 4 is 22.8 Å². The molecule has 1 N–H and O–H groups in total. The number of para-hydroxylation sites is 1. The van der Waals surface area contributed by atoms with Crippen LogP contribution in [-0.4, -0.2) is 72.2 Å². The van der Waals surface area contributed by atoms with E-state index in [1.165, 1.54) is 11.3 Å². The van der Waals surface area contributed by atoms with Gasteiger partial charge in [-0.2, -0.15) is 0 Å². The SMILES string of the molecule is COCCN(C(=O)Cn1nnc2ccccc21)[C@H](C(=O)NC1CCCCC1)c1cc(OC)ccc1OC. The summed E-state index contributed by atoms with van der Waals surface area (Å²) >= 11 is 0. The van der Waals surface area contributed by atoms with E-state index in [9.17, 15) is 9.59 Å². The number of carbonyl (C=O) groups is 2. The summed E-state index contributed by atoms with van der Waals surface area (Å²) in [4.78, 5) is 29.3. The predicted octanol–water partition coefficient (Wildman–Crippen LogP) is 3.11.